The van der Waals surface area contributed by atoms with Crippen LogP contribution in [-0.2, 0) is 0 Å². The molecule has 0 aliphatic rings. The zero-order valence-electron chi connectivity index (χ0n) is 14.9. The summed E-state index contributed by atoms with van der Waals surface area (Å²) >= 11 is 1.06. The Bertz CT molecular complexity index is 1250. The average Bonchev–Trinajstić information content (AvgIpc) is 3.20. The minimum Gasteiger partial charge on any atom is -0.288 e. The average molecular weight is 431 g/mol. The number of rotatable bonds is 4. The molecule has 0 aliphatic carbocycles. The van der Waals surface area contributed by atoms with Gasteiger partial charge in [-0.05, 0) is 18.2 Å². The number of carbonyl (C=O) groups is 1. The van der Waals surface area contributed by atoms with E-state index in [9.17, 15) is 26.7 Å². The Morgan fingerprint density at radius 3 is 1.97 bits per heavy atom. The minimum absolute atomic E-state index is 0.0917. The lowest BCUT2D eigenvalue weighted by Gasteiger charge is -2.08. The van der Waals surface area contributed by atoms with Crippen LogP contribution in [0.5, 0.6) is 0 Å². The summed E-state index contributed by atoms with van der Waals surface area (Å²) in [4.78, 5) is 17.4. The number of hydrogen-bond acceptors (Lipinski definition) is 3. The second-order valence-electron chi connectivity index (χ2n) is 6.22. The molecule has 0 atom stereocenters. The largest absolute Gasteiger partial charge is 0.288 e. The molecule has 8 heteroatoms. The predicted molar refractivity (Wildman–Crippen MR) is 104 cm³/mol. The first-order valence-corrected chi connectivity index (χ1v) is 9.39. The van der Waals surface area contributed by atoms with Gasteiger partial charge in [-0.2, -0.15) is 0 Å². The summed E-state index contributed by atoms with van der Waals surface area (Å²) in [6.45, 7) is 0. The van der Waals surface area contributed by atoms with E-state index in [1.54, 1.807) is 42.5 Å². The van der Waals surface area contributed by atoms with Crippen molar-refractivity contribution in [3.63, 3.8) is 0 Å². The molecule has 0 unspecified atom stereocenters. The molecule has 0 fully saturated rings. The highest BCUT2D eigenvalue weighted by Gasteiger charge is 2.27. The van der Waals surface area contributed by atoms with Crippen molar-refractivity contribution < 1.29 is 26.7 Å². The molecule has 0 bridgehead atoms. The van der Waals surface area contributed by atoms with Crippen LogP contribution in [0.4, 0.5) is 22.0 Å². The lowest BCUT2D eigenvalue weighted by molar-refractivity contribution is 0.105. The second-order valence-corrected chi connectivity index (χ2v) is 7.25. The van der Waals surface area contributed by atoms with Gasteiger partial charge in [0.15, 0.2) is 29.1 Å². The summed E-state index contributed by atoms with van der Waals surface area (Å²) in [5, 5.41) is 0.0917. The quantitative estimate of drug-likeness (QED) is 0.123. The van der Waals surface area contributed by atoms with Crippen molar-refractivity contribution in [2.24, 2.45) is 0 Å². The van der Waals surface area contributed by atoms with Crippen molar-refractivity contribution in [2.45, 2.75) is 0 Å². The van der Waals surface area contributed by atoms with Gasteiger partial charge in [-0.3, -0.25) is 4.79 Å². The number of fused-ring (bicyclic) bond motifs is 1. The maximum Gasteiger partial charge on any atom is 0.200 e. The number of para-hydroxylation sites is 1. The van der Waals surface area contributed by atoms with Crippen molar-refractivity contribution in [3.8, 4) is 0 Å². The third-order valence-electron chi connectivity index (χ3n) is 4.34. The number of halogens is 5. The van der Waals surface area contributed by atoms with Crippen LogP contribution in [0.15, 0.2) is 54.6 Å². The fourth-order valence-corrected chi connectivity index (χ4v) is 3.83. The van der Waals surface area contributed by atoms with Crippen LogP contribution in [0.25, 0.3) is 21.9 Å². The maximum absolute atomic E-state index is 14.3. The van der Waals surface area contributed by atoms with E-state index < -0.39 is 40.4 Å². The number of aromatic nitrogens is 1. The lowest BCUT2D eigenvalue weighted by Crippen LogP contribution is -2.07. The molecule has 0 N–H and O–H groups in total. The van der Waals surface area contributed by atoms with Gasteiger partial charge in [-0.15, -0.1) is 11.3 Å². The molecule has 4 rings (SSSR count). The Morgan fingerprint density at radius 1 is 0.767 bits per heavy atom. The summed E-state index contributed by atoms with van der Waals surface area (Å²) in [7, 11) is 0. The molecule has 0 saturated carbocycles. The first-order valence-electron chi connectivity index (χ1n) is 8.57. The van der Waals surface area contributed by atoms with Gasteiger partial charge in [0.1, 0.15) is 5.01 Å². The topological polar surface area (TPSA) is 30.0 Å². The van der Waals surface area contributed by atoms with Gasteiger partial charge in [0.2, 0.25) is 5.82 Å². The van der Waals surface area contributed by atoms with E-state index in [0.29, 0.717) is 16.3 Å². The monoisotopic (exact) mass is 431 g/mol. The molecule has 0 spiro atoms. The SMILES string of the molecule is O=C(C(=Cc1c(F)c(F)c(F)c(F)c1F)c1nc2ccccc2s1)c1ccccc1. The number of nitrogens with zero attached hydrogens (tertiary/aromatic N) is 1. The third kappa shape index (κ3) is 3.39. The van der Waals surface area contributed by atoms with Gasteiger partial charge in [0, 0.05) is 5.56 Å². The van der Waals surface area contributed by atoms with Crippen molar-refractivity contribution in [3.05, 3.63) is 99.8 Å². The van der Waals surface area contributed by atoms with Gasteiger partial charge >= 0.3 is 0 Å². The Balaban J connectivity index is 1.98. The number of carbonyl (C=O) groups excluding carboxylic acids is 1. The highest BCUT2D eigenvalue weighted by Crippen LogP contribution is 2.33. The summed E-state index contributed by atoms with van der Waals surface area (Å²) in [5.41, 5.74) is -0.788. The van der Waals surface area contributed by atoms with Gasteiger partial charge in [-0.1, -0.05) is 42.5 Å². The number of Topliss-reactive ketones (excluding diaryl/α,β-unsaturated/α-hetero) is 1. The smallest absolute Gasteiger partial charge is 0.200 e. The summed E-state index contributed by atoms with van der Waals surface area (Å²) in [5.74, 6) is -11.2. The van der Waals surface area contributed by atoms with Crippen LogP contribution in [0, 0.1) is 29.1 Å². The molecular weight excluding hydrogens is 421 g/mol. The molecule has 4 aromatic rings. The van der Waals surface area contributed by atoms with E-state index in [1.807, 2.05) is 0 Å². The van der Waals surface area contributed by atoms with Crippen LogP contribution in [0.1, 0.15) is 20.9 Å². The van der Waals surface area contributed by atoms with Gasteiger partial charge in [-0.25, -0.2) is 26.9 Å². The van der Waals surface area contributed by atoms with Crippen LogP contribution in [0.3, 0.4) is 0 Å². The number of ketones is 1. The molecule has 30 heavy (non-hydrogen) atoms. The van der Waals surface area contributed by atoms with Gasteiger partial charge in [0.25, 0.3) is 0 Å². The normalized spacial score (nSPS) is 11.8. The molecule has 1 aromatic heterocycles. The molecule has 0 radical (unpaired) electrons. The molecule has 0 amide bonds. The Morgan fingerprint density at radius 2 is 1.33 bits per heavy atom. The first kappa shape index (κ1) is 19.9. The number of benzene rings is 3. The summed E-state index contributed by atoms with van der Waals surface area (Å²) in [6.07, 6.45) is 0.656. The van der Waals surface area contributed by atoms with E-state index in [-0.39, 0.29) is 16.1 Å². The molecule has 0 aliphatic heterocycles. The second kappa shape index (κ2) is 7.79. The summed E-state index contributed by atoms with van der Waals surface area (Å²) < 4.78 is 69.9. The van der Waals surface area contributed by atoms with Gasteiger partial charge in [0.05, 0.1) is 21.4 Å². The van der Waals surface area contributed by atoms with E-state index in [1.165, 1.54) is 12.1 Å². The van der Waals surface area contributed by atoms with Gasteiger partial charge < -0.3 is 0 Å². The maximum atomic E-state index is 14.3. The Labute approximate surface area is 170 Å². The molecule has 3 aromatic carbocycles. The van der Waals surface area contributed by atoms with Crippen molar-refractivity contribution in [2.75, 3.05) is 0 Å². The van der Waals surface area contributed by atoms with Crippen LogP contribution in [-0.4, -0.2) is 10.8 Å². The van der Waals surface area contributed by atoms with E-state index in [0.717, 1.165) is 11.3 Å². The molecule has 0 saturated heterocycles. The van der Waals surface area contributed by atoms with Crippen LogP contribution < -0.4 is 0 Å². The molecule has 150 valence electrons. The molecule has 2 nitrogen and oxygen atoms in total. The zero-order valence-corrected chi connectivity index (χ0v) is 15.7. The van der Waals surface area contributed by atoms with E-state index in [4.69, 9.17) is 0 Å². The van der Waals surface area contributed by atoms with Crippen LogP contribution >= 0.6 is 11.3 Å². The first-order chi connectivity index (χ1) is 14.4. The fraction of sp³-hybridized carbons (Fsp3) is 0. The lowest BCUT2D eigenvalue weighted by atomic mass is 10.0. The van der Waals surface area contributed by atoms with Crippen molar-refractivity contribution in [1.82, 2.24) is 4.98 Å². The van der Waals surface area contributed by atoms with Crippen LogP contribution in [0.2, 0.25) is 0 Å². The third-order valence-corrected chi connectivity index (χ3v) is 5.41. The van der Waals surface area contributed by atoms with Crippen molar-refractivity contribution in [1.29, 1.82) is 0 Å². The molecule has 1 heterocycles. The van der Waals surface area contributed by atoms with Crippen molar-refractivity contribution >= 4 is 39.0 Å². The minimum atomic E-state index is -2.27. The standard InChI is InChI=1S/C22H10F5NOS/c23-16-12(17(24)19(26)20(27)18(16)25)10-13(21(29)11-6-2-1-3-7-11)22-28-14-8-4-5-9-15(14)30-22/h1-10H. The summed E-state index contributed by atoms with van der Waals surface area (Å²) in [6, 6.07) is 14.7. The fourth-order valence-electron chi connectivity index (χ4n) is 2.85. The zero-order chi connectivity index (χ0) is 21.4. The highest BCUT2D eigenvalue weighted by atomic mass is 32.1. The Hall–Kier alpha value is -3.39. The molecular formula is C22H10F5NOS. The van der Waals surface area contributed by atoms with E-state index >= 15 is 0 Å². The number of hydrogen-bond donors (Lipinski definition) is 0. The number of thiazole rings is 1. The number of allylic oxidation sites excluding steroid dienone is 1. The van der Waals surface area contributed by atoms with E-state index in [2.05, 4.69) is 4.98 Å². The Kier molecular flexibility index (Phi) is 5.17. The predicted octanol–water partition coefficient (Wildman–Crippen LogP) is 6.42. The highest BCUT2D eigenvalue weighted by molar-refractivity contribution is 7.20.